The monoisotopic (exact) mass is 502 g/mol. The van der Waals surface area contributed by atoms with Gasteiger partial charge in [-0.25, -0.2) is 17.9 Å². The van der Waals surface area contributed by atoms with Crippen LogP contribution in [0.1, 0.15) is 46.0 Å². The second-order valence-corrected chi connectivity index (χ2v) is 12.6. The summed E-state index contributed by atoms with van der Waals surface area (Å²) in [6, 6.07) is 1.82. The highest BCUT2D eigenvalue weighted by molar-refractivity contribution is 7.90. The first-order valence-corrected chi connectivity index (χ1v) is 12.7. The lowest BCUT2D eigenvalue weighted by Gasteiger charge is -2.60. The fourth-order valence-corrected chi connectivity index (χ4v) is 8.08. The molecule has 4 aliphatic carbocycles. The van der Waals surface area contributed by atoms with E-state index in [4.69, 9.17) is 38.5 Å². The second-order valence-electron chi connectivity index (χ2n) is 9.82. The summed E-state index contributed by atoms with van der Waals surface area (Å²) in [5.41, 5.74) is -1.31. The molecule has 0 radical (unpaired) electrons. The fourth-order valence-electron chi connectivity index (χ4n) is 6.18. The maximum atomic E-state index is 13.5. The Balaban J connectivity index is 1.61. The Morgan fingerprint density at radius 1 is 1.28 bits per heavy atom. The molecular formula is C21H25Cl2FN4O3S. The number of ether oxygens (including phenoxy) is 1. The molecule has 0 amide bonds. The topological polar surface area (TPSA) is 120 Å². The maximum absolute atomic E-state index is 13.5. The number of rotatable bonds is 5. The molecule has 0 aliphatic heterocycles. The molecule has 32 heavy (non-hydrogen) atoms. The van der Waals surface area contributed by atoms with Gasteiger partial charge < -0.3 is 4.74 Å². The lowest BCUT2D eigenvalue weighted by Crippen LogP contribution is -2.66. The quantitative estimate of drug-likeness (QED) is 0.269. The molecule has 5 rings (SSSR count). The SMILES string of the molecule is CC(C)(Oc1c(Cl)cc(F)cc1Cl)C(=N)N(C#N)C1C2CC3CC1CC(S(N)(=O)=O)(C3)C2. The highest BCUT2D eigenvalue weighted by Crippen LogP contribution is 2.59. The first kappa shape index (κ1) is 23.6. The van der Waals surface area contributed by atoms with Gasteiger partial charge >= 0.3 is 0 Å². The third kappa shape index (κ3) is 3.75. The normalized spacial score (nSPS) is 31.3. The summed E-state index contributed by atoms with van der Waals surface area (Å²) in [6.07, 6.45) is 5.11. The van der Waals surface area contributed by atoms with Crippen LogP contribution >= 0.6 is 23.2 Å². The summed E-state index contributed by atoms with van der Waals surface area (Å²) in [5.74, 6) is -0.546. The van der Waals surface area contributed by atoms with Crippen LogP contribution in [0.4, 0.5) is 4.39 Å². The van der Waals surface area contributed by atoms with Crippen molar-refractivity contribution in [2.45, 2.75) is 62.3 Å². The van der Waals surface area contributed by atoms with Crippen LogP contribution in [-0.2, 0) is 10.0 Å². The van der Waals surface area contributed by atoms with E-state index < -0.39 is 26.2 Å². The summed E-state index contributed by atoms with van der Waals surface area (Å²) in [4.78, 5) is 1.34. The van der Waals surface area contributed by atoms with Crippen LogP contribution in [0.15, 0.2) is 12.1 Å². The highest BCUT2D eigenvalue weighted by atomic mass is 35.5. The van der Waals surface area contributed by atoms with Crippen molar-refractivity contribution in [1.82, 2.24) is 4.90 Å². The number of nitrogens with two attached hydrogens (primary N) is 1. The van der Waals surface area contributed by atoms with Crippen LogP contribution in [-0.4, -0.2) is 35.5 Å². The number of primary sulfonamides is 1. The first-order chi connectivity index (χ1) is 14.8. The summed E-state index contributed by atoms with van der Waals surface area (Å²) in [5, 5.41) is 24.4. The maximum Gasteiger partial charge on any atom is 0.214 e. The minimum Gasteiger partial charge on any atom is -0.477 e. The van der Waals surface area contributed by atoms with Gasteiger partial charge in [-0.15, -0.1) is 0 Å². The largest absolute Gasteiger partial charge is 0.477 e. The van der Waals surface area contributed by atoms with Crippen molar-refractivity contribution < 1.29 is 17.5 Å². The van der Waals surface area contributed by atoms with Gasteiger partial charge in [-0.2, -0.15) is 5.26 Å². The Morgan fingerprint density at radius 3 is 2.28 bits per heavy atom. The number of halogens is 3. The minimum atomic E-state index is -3.72. The zero-order valence-corrected chi connectivity index (χ0v) is 20.1. The lowest BCUT2D eigenvalue weighted by atomic mass is 9.53. The smallest absolute Gasteiger partial charge is 0.214 e. The van der Waals surface area contributed by atoms with Gasteiger partial charge in [-0.3, -0.25) is 10.3 Å². The highest BCUT2D eigenvalue weighted by Gasteiger charge is 2.62. The predicted molar refractivity (Wildman–Crippen MR) is 119 cm³/mol. The molecule has 174 valence electrons. The van der Waals surface area contributed by atoms with Crippen molar-refractivity contribution in [2.24, 2.45) is 22.9 Å². The summed E-state index contributed by atoms with van der Waals surface area (Å²) in [7, 11) is -3.72. The Morgan fingerprint density at radius 2 is 1.81 bits per heavy atom. The van der Waals surface area contributed by atoms with Gasteiger partial charge in [0.1, 0.15) is 5.82 Å². The van der Waals surface area contributed by atoms with Gasteiger partial charge in [-0.05, 0) is 75.8 Å². The molecular weight excluding hydrogens is 478 g/mol. The molecule has 4 aliphatic rings. The average molecular weight is 503 g/mol. The summed E-state index contributed by atoms with van der Waals surface area (Å²) in [6.45, 7) is 3.22. The molecule has 1 aromatic rings. The number of hydrogen-bond donors (Lipinski definition) is 2. The zero-order valence-electron chi connectivity index (χ0n) is 17.7. The van der Waals surface area contributed by atoms with Crippen LogP contribution in [0, 0.1) is 40.4 Å². The van der Waals surface area contributed by atoms with Crippen LogP contribution in [0.2, 0.25) is 10.0 Å². The van der Waals surface area contributed by atoms with Crippen molar-refractivity contribution in [1.29, 1.82) is 10.7 Å². The van der Waals surface area contributed by atoms with E-state index in [0.717, 1.165) is 25.0 Å². The van der Waals surface area contributed by atoms with E-state index >= 15 is 0 Å². The van der Waals surface area contributed by atoms with Crippen LogP contribution < -0.4 is 9.88 Å². The molecule has 1 aromatic carbocycles. The van der Waals surface area contributed by atoms with Crippen molar-refractivity contribution in [3.63, 3.8) is 0 Å². The third-order valence-corrected chi connectivity index (χ3v) is 9.58. The van der Waals surface area contributed by atoms with Gasteiger partial charge in [0.15, 0.2) is 23.4 Å². The summed E-state index contributed by atoms with van der Waals surface area (Å²) < 4.78 is 43.3. The molecule has 0 saturated heterocycles. The Bertz CT molecular complexity index is 1080. The van der Waals surface area contributed by atoms with Crippen LogP contribution in [0.5, 0.6) is 5.75 Å². The number of amidine groups is 1. The van der Waals surface area contributed by atoms with Gasteiger partial charge in [0.25, 0.3) is 0 Å². The van der Waals surface area contributed by atoms with Crippen molar-refractivity contribution in [2.75, 3.05) is 0 Å². The molecule has 0 heterocycles. The first-order valence-electron chi connectivity index (χ1n) is 10.4. The predicted octanol–water partition coefficient (Wildman–Crippen LogP) is 4.29. The van der Waals surface area contributed by atoms with Crippen molar-refractivity contribution in [3.8, 4) is 11.9 Å². The Hall–Kier alpha value is -1.60. The van der Waals surface area contributed by atoms with Gasteiger partial charge in [0.2, 0.25) is 10.0 Å². The van der Waals surface area contributed by atoms with Crippen molar-refractivity contribution in [3.05, 3.63) is 28.0 Å². The van der Waals surface area contributed by atoms with Gasteiger partial charge in [-0.1, -0.05) is 23.2 Å². The number of hydrogen-bond acceptors (Lipinski definition) is 5. The number of nitrogens with zero attached hydrogens (tertiary/aromatic N) is 2. The minimum absolute atomic E-state index is 0.0284. The molecule has 3 N–H and O–H groups in total. The Kier molecular flexibility index (Phi) is 5.69. The van der Waals surface area contributed by atoms with E-state index in [9.17, 15) is 18.1 Å². The van der Waals surface area contributed by atoms with Gasteiger partial charge in [0, 0.05) is 0 Å². The molecule has 0 spiro atoms. The number of nitrogens with one attached hydrogen (secondary N) is 1. The van der Waals surface area contributed by atoms with E-state index in [-0.39, 0.29) is 45.4 Å². The average Bonchev–Trinajstić information content (AvgIpc) is 2.65. The second kappa shape index (κ2) is 7.73. The molecule has 4 fully saturated rings. The molecule has 4 bridgehead atoms. The lowest BCUT2D eigenvalue weighted by molar-refractivity contribution is -0.0244. The Labute approximate surface area is 197 Å². The standard InChI is InChI=1S/C21H25Cl2FN4O3S/c1-20(2,31-18-15(22)5-14(24)6-16(18)23)19(26)28(10-25)17-12-3-11-4-13(17)9-21(7-11,8-12)32(27,29)30/h5-6,11-13,17,26H,3-4,7-9H2,1-2H3,(H2,27,29,30). The third-order valence-electron chi connectivity index (χ3n) is 7.31. The number of nitriles is 1. The zero-order chi connectivity index (χ0) is 23.6. The fraction of sp³-hybridized carbons (Fsp3) is 0.619. The molecule has 4 saturated carbocycles. The van der Waals surface area contributed by atoms with E-state index in [0.29, 0.717) is 19.3 Å². The van der Waals surface area contributed by atoms with Crippen LogP contribution in [0.25, 0.3) is 0 Å². The molecule has 0 aromatic heterocycles. The molecule has 7 nitrogen and oxygen atoms in total. The molecule has 2 unspecified atom stereocenters. The van der Waals surface area contributed by atoms with E-state index in [1.54, 1.807) is 13.8 Å². The number of sulfonamides is 1. The van der Waals surface area contributed by atoms with E-state index in [2.05, 4.69) is 6.19 Å². The molecule has 2 atom stereocenters. The summed E-state index contributed by atoms with van der Waals surface area (Å²) >= 11 is 12.2. The van der Waals surface area contributed by atoms with Gasteiger partial charge in [0.05, 0.1) is 20.8 Å². The molecule has 11 heteroatoms. The number of benzene rings is 1. The van der Waals surface area contributed by atoms with Crippen LogP contribution in [0.3, 0.4) is 0 Å². The van der Waals surface area contributed by atoms with E-state index in [1.165, 1.54) is 4.90 Å². The van der Waals surface area contributed by atoms with E-state index in [1.807, 2.05) is 0 Å². The van der Waals surface area contributed by atoms with Crippen molar-refractivity contribution >= 4 is 39.1 Å².